The highest BCUT2D eigenvalue weighted by Gasteiger charge is 2.36. The largest absolute Gasteiger partial charge is 0.454 e. The zero-order valence-electron chi connectivity index (χ0n) is 16.0. The first kappa shape index (κ1) is 18.8. The molecule has 0 atom stereocenters. The van der Waals surface area contributed by atoms with Gasteiger partial charge in [0.15, 0.2) is 11.5 Å². The Bertz CT molecular complexity index is 869. The van der Waals surface area contributed by atoms with Gasteiger partial charge in [0, 0.05) is 12.2 Å². The summed E-state index contributed by atoms with van der Waals surface area (Å²) >= 11 is 0. The predicted octanol–water partition coefficient (Wildman–Crippen LogP) is 3.31. The second-order valence-electron chi connectivity index (χ2n) is 7.22. The number of benzene rings is 2. The van der Waals surface area contributed by atoms with Crippen molar-refractivity contribution in [1.82, 2.24) is 5.32 Å². The summed E-state index contributed by atoms with van der Waals surface area (Å²) in [5.41, 5.74) is 2.32. The molecule has 0 bridgehead atoms. The number of nitrogens with one attached hydrogen (secondary N) is 2. The van der Waals surface area contributed by atoms with Crippen LogP contribution in [-0.4, -0.2) is 18.6 Å². The van der Waals surface area contributed by atoms with Crippen LogP contribution in [0.3, 0.4) is 0 Å². The van der Waals surface area contributed by atoms with E-state index in [9.17, 15) is 9.59 Å². The van der Waals surface area contributed by atoms with Crippen LogP contribution in [0, 0.1) is 19.3 Å². The molecule has 0 unspecified atom stereocenters. The van der Waals surface area contributed by atoms with Gasteiger partial charge in [-0.2, -0.15) is 0 Å². The Morgan fingerprint density at radius 3 is 2.37 bits per heavy atom. The average Bonchev–Trinajstić information content (AvgIpc) is 3.10. The average molecular weight is 368 g/mol. The minimum atomic E-state index is -1.22. The molecule has 27 heavy (non-hydrogen) atoms. The smallest absolute Gasteiger partial charge is 0.239 e. The molecular formula is C21H24N2O4. The molecule has 0 aliphatic carbocycles. The molecule has 1 aliphatic rings. The molecule has 142 valence electrons. The van der Waals surface area contributed by atoms with Crippen LogP contribution in [-0.2, 0) is 16.1 Å². The van der Waals surface area contributed by atoms with Gasteiger partial charge in [0.25, 0.3) is 0 Å². The molecule has 0 saturated heterocycles. The second kappa shape index (κ2) is 7.31. The van der Waals surface area contributed by atoms with Crippen LogP contribution < -0.4 is 20.1 Å². The van der Waals surface area contributed by atoms with Crippen molar-refractivity contribution in [3.63, 3.8) is 0 Å². The van der Waals surface area contributed by atoms with Gasteiger partial charge in [0.05, 0.1) is 0 Å². The van der Waals surface area contributed by atoms with Crippen molar-refractivity contribution in [1.29, 1.82) is 0 Å². The normalized spacial score (nSPS) is 12.6. The van der Waals surface area contributed by atoms with E-state index >= 15 is 0 Å². The van der Waals surface area contributed by atoms with Crippen LogP contribution >= 0.6 is 0 Å². The van der Waals surface area contributed by atoms with E-state index in [2.05, 4.69) is 10.6 Å². The fourth-order valence-electron chi connectivity index (χ4n) is 2.84. The molecular weight excluding hydrogens is 344 g/mol. The second-order valence-corrected chi connectivity index (χ2v) is 7.22. The maximum absolute atomic E-state index is 12.7. The molecule has 0 aromatic heterocycles. The summed E-state index contributed by atoms with van der Waals surface area (Å²) in [5, 5.41) is 5.73. The first-order chi connectivity index (χ1) is 12.8. The van der Waals surface area contributed by atoms with Crippen LogP contribution in [0.15, 0.2) is 36.4 Å². The number of ether oxygens (including phenoxy) is 2. The Hall–Kier alpha value is -3.02. The van der Waals surface area contributed by atoms with Crippen LogP contribution in [0.1, 0.15) is 30.5 Å². The van der Waals surface area contributed by atoms with Gasteiger partial charge >= 0.3 is 0 Å². The van der Waals surface area contributed by atoms with Gasteiger partial charge < -0.3 is 20.1 Å². The lowest BCUT2D eigenvalue weighted by molar-refractivity contribution is -0.138. The number of amides is 2. The lowest BCUT2D eigenvalue weighted by atomic mass is 9.90. The Morgan fingerprint density at radius 2 is 1.67 bits per heavy atom. The standard InChI is InChI=1S/C21H24N2O4/c1-13-6-5-7-14(2)18(13)23-20(25)21(3,4)19(24)22-11-15-8-9-16-17(10-15)27-12-26-16/h5-10H,11-12H2,1-4H3,(H,22,24)(H,23,25). The molecule has 2 aromatic rings. The molecule has 2 amide bonds. The Kier molecular flexibility index (Phi) is 5.08. The maximum Gasteiger partial charge on any atom is 0.239 e. The summed E-state index contributed by atoms with van der Waals surface area (Å²) in [5.74, 6) is 0.666. The van der Waals surface area contributed by atoms with Crippen LogP contribution in [0.4, 0.5) is 5.69 Å². The molecule has 0 saturated carbocycles. The van der Waals surface area contributed by atoms with Crippen molar-refractivity contribution < 1.29 is 19.1 Å². The van der Waals surface area contributed by atoms with Gasteiger partial charge in [-0.1, -0.05) is 24.3 Å². The molecule has 3 rings (SSSR count). The quantitative estimate of drug-likeness (QED) is 0.794. The number of carbonyl (C=O) groups excluding carboxylic acids is 2. The van der Waals surface area contributed by atoms with Gasteiger partial charge in [-0.25, -0.2) is 0 Å². The summed E-state index contributed by atoms with van der Waals surface area (Å²) in [6.45, 7) is 7.59. The topological polar surface area (TPSA) is 76.7 Å². The summed E-state index contributed by atoms with van der Waals surface area (Å²) in [6, 6.07) is 11.3. The van der Waals surface area contributed by atoms with Crippen molar-refractivity contribution in [2.45, 2.75) is 34.2 Å². The number of para-hydroxylation sites is 1. The third-order valence-corrected chi connectivity index (χ3v) is 4.75. The number of hydrogen-bond donors (Lipinski definition) is 2. The third kappa shape index (κ3) is 3.89. The molecule has 1 aliphatic heterocycles. The van der Waals surface area contributed by atoms with Gasteiger partial charge in [0.1, 0.15) is 5.41 Å². The Balaban J connectivity index is 1.65. The lowest BCUT2D eigenvalue weighted by Crippen LogP contribution is -2.45. The molecule has 0 radical (unpaired) electrons. The number of carbonyl (C=O) groups is 2. The lowest BCUT2D eigenvalue weighted by Gasteiger charge is -2.24. The van der Waals surface area contributed by atoms with Gasteiger partial charge in [-0.15, -0.1) is 0 Å². The zero-order valence-corrected chi connectivity index (χ0v) is 16.0. The summed E-state index contributed by atoms with van der Waals surface area (Å²) < 4.78 is 10.6. The van der Waals surface area contributed by atoms with Crippen molar-refractivity contribution in [3.05, 3.63) is 53.1 Å². The van der Waals surface area contributed by atoms with E-state index in [0.717, 1.165) is 22.4 Å². The highest BCUT2D eigenvalue weighted by Crippen LogP contribution is 2.32. The minimum absolute atomic E-state index is 0.205. The molecule has 2 N–H and O–H groups in total. The van der Waals surface area contributed by atoms with Gasteiger partial charge in [-0.3, -0.25) is 9.59 Å². The fraction of sp³-hybridized carbons (Fsp3) is 0.333. The number of fused-ring (bicyclic) bond motifs is 1. The Labute approximate surface area is 158 Å². The van der Waals surface area contributed by atoms with E-state index in [1.54, 1.807) is 13.8 Å². The molecule has 2 aromatic carbocycles. The SMILES string of the molecule is Cc1cccc(C)c1NC(=O)C(C)(C)C(=O)NCc1ccc2c(c1)OCO2. The van der Waals surface area contributed by atoms with Gasteiger partial charge in [-0.05, 0) is 56.5 Å². The summed E-state index contributed by atoms with van der Waals surface area (Å²) in [7, 11) is 0. The van der Waals surface area contributed by atoms with Crippen LogP contribution in [0.2, 0.25) is 0 Å². The number of rotatable bonds is 5. The number of hydrogen-bond acceptors (Lipinski definition) is 4. The van der Waals surface area contributed by atoms with E-state index in [1.807, 2.05) is 50.2 Å². The number of aryl methyl sites for hydroxylation is 2. The molecule has 6 heteroatoms. The highest BCUT2D eigenvalue weighted by atomic mass is 16.7. The third-order valence-electron chi connectivity index (χ3n) is 4.75. The van der Waals surface area contributed by atoms with Crippen LogP contribution in [0.25, 0.3) is 0 Å². The first-order valence-electron chi connectivity index (χ1n) is 8.83. The van der Waals surface area contributed by atoms with E-state index < -0.39 is 5.41 Å². The van der Waals surface area contributed by atoms with E-state index in [0.29, 0.717) is 18.0 Å². The van der Waals surface area contributed by atoms with Crippen molar-refractivity contribution >= 4 is 17.5 Å². The summed E-state index contributed by atoms with van der Waals surface area (Å²) in [4.78, 5) is 25.4. The number of anilines is 1. The molecule has 0 fully saturated rings. The zero-order chi connectivity index (χ0) is 19.6. The highest BCUT2D eigenvalue weighted by molar-refractivity contribution is 6.10. The van der Waals surface area contributed by atoms with Crippen LogP contribution in [0.5, 0.6) is 11.5 Å². The van der Waals surface area contributed by atoms with E-state index in [4.69, 9.17) is 9.47 Å². The minimum Gasteiger partial charge on any atom is -0.454 e. The predicted molar refractivity (Wildman–Crippen MR) is 103 cm³/mol. The van der Waals surface area contributed by atoms with E-state index in [-0.39, 0.29) is 18.6 Å². The monoisotopic (exact) mass is 368 g/mol. The van der Waals surface area contributed by atoms with Gasteiger partial charge in [0.2, 0.25) is 18.6 Å². The molecule has 0 spiro atoms. The first-order valence-corrected chi connectivity index (χ1v) is 8.83. The van der Waals surface area contributed by atoms with E-state index in [1.165, 1.54) is 0 Å². The Morgan fingerprint density at radius 1 is 1.00 bits per heavy atom. The fourth-order valence-corrected chi connectivity index (χ4v) is 2.84. The molecule has 1 heterocycles. The van der Waals surface area contributed by atoms with Crippen molar-refractivity contribution in [2.75, 3.05) is 12.1 Å². The maximum atomic E-state index is 12.7. The summed E-state index contributed by atoms with van der Waals surface area (Å²) in [6.07, 6.45) is 0. The van der Waals surface area contributed by atoms with Crippen molar-refractivity contribution in [3.8, 4) is 11.5 Å². The molecule has 6 nitrogen and oxygen atoms in total. The van der Waals surface area contributed by atoms with Crippen molar-refractivity contribution in [2.24, 2.45) is 5.41 Å².